The third-order valence-electron chi connectivity index (χ3n) is 3.36. The van der Waals surface area contributed by atoms with Crippen LogP contribution in [-0.4, -0.2) is 24.2 Å². The fourth-order valence-electron chi connectivity index (χ4n) is 2.15. The molecule has 1 aliphatic heterocycles. The average molecular weight is 299 g/mol. The number of para-hydroxylation sites is 1. The second-order valence-corrected chi connectivity index (χ2v) is 6.14. The highest BCUT2D eigenvalue weighted by Crippen LogP contribution is 2.36. The summed E-state index contributed by atoms with van der Waals surface area (Å²) in [6.07, 6.45) is 0. The highest BCUT2D eigenvalue weighted by atomic mass is 32.2. The minimum atomic E-state index is 0.0795. The highest BCUT2D eigenvalue weighted by Gasteiger charge is 2.23. The van der Waals surface area contributed by atoms with Crippen molar-refractivity contribution in [3.63, 3.8) is 0 Å². The van der Waals surface area contributed by atoms with E-state index in [1.807, 2.05) is 32.3 Å². The third-order valence-corrected chi connectivity index (χ3v) is 4.51. The van der Waals surface area contributed by atoms with Crippen LogP contribution in [0.2, 0.25) is 0 Å². The standard InChI is InChI=1S/C16H17N3OS/c1-19(2)12-9-7-11(8-10-12)15-17-18-16(21-15)13-5-3-4-6-14(13)20/h3-10,15,17,20H,1-2H3/t15-/m1/s1. The molecule has 1 heterocycles. The molecule has 5 heteroatoms. The number of nitrogens with zero attached hydrogens (tertiary/aromatic N) is 2. The first-order valence-electron chi connectivity index (χ1n) is 6.70. The fourth-order valence-corrected chi connectivity index (χ4v) is 3.18. The molecule has 0 unspecified atom stereocenters. The lowest BCUT2D eigenvalue weighted by Gasteiger charge is -2.14. The molecule has 0 radical (unpaired) electrons. The van der Waals surface area contributed by atoms with Crippen molar-refractivity contribution in [2.24, 2.45) is 5.10 Å². The summed E-state index contributed by atoms with van der Waals surface area (Å²) in [7, 11) is 4.05. The second kappa shape index (κ2) is 5.69. The Balaban J connectivity index is 1.75. The molecule has 1 aliphatic rings. The Kier molecular flexibility index (Phi) is 3.75. The molecule has 0 aromatic heterocycles. The molecular weight excluding hydrogens is 282 g/mol. The number of nitrogens with one attached hydrogen (secondary N) is 1. The zero-order valence-corrected chi connectivity index (χ0v) is 12.8. The lowest BCUT2D eigenvalue weighted by molar-refractivity contribution is 0.474. The molecule has 2 aromatic rings. The van der Waals surface area contributed by atoms with Crippen molar-refractivity contribution in [1.82, 2.24) is 5.43 Å². The zero-order valence-electron chi connectivity index (χ0n) is 11.9. The van der Waals surface area contributed by atoms with Crippen LogP contribution in [0.1, 0.15) is 16.5 Å². The molecule has 0 bridgehead atoms. The van der Waals surface area contributed by atoms with Gasteiger partial charge < -0.3 is 10.0 Å². The van der Waals surface area contributed by atoms with Gasteiger partial charge in [0.2, 0.25) is 0 Å². The molecule has 0 amide bonds. The maximum absolute atomic E-state index is 9.90. The predicted molar refractivity (Wildman–Crippen MR) is 88.9 cm³/mol. The van der Waals surface area contributed by atoms with E-state index in [4.69, 9.17) is 0 Å². The van der Waals surface area contributed by atoms with Gasteiger partial charge in [-0.3, -0.25) is 5.43 Å². The van der Waals surface area contributed by atoms with Gasteiger partial charge in [-0.1, -0.05) is 36.0 Å². The van der Waals surface area contributed by atoms with Crippen LogP contribution in [0.5, 0.6) is 5.75 Å². The molecular formula is C16H17N3OS. The molecule has 0 saturated carbocycles. The summed E-state index contributed by atoms with van der Waals surface area (Å²) >= 11 is 1.61. The van der Waals surface area contributed by atoms with E-state index in [2.05, 4.69) is 39.7 Å². The van der Waals surface area contributed by atoms with E-state index in [0.29, 0.717) is 0 Å². The average Bonchev–Trinajstić information content (AvgIpc) is 2.97. The third kappa shape index (κ3) is 2.83. The van der Waals surface area contributed by atoms with Crippen LogP contribution in [0.15, 0.2) is 53.6 Å². The van der Waals surface area contributed by atoms with Crippen LogP contribution in [0, 0.1) is 0 Å². The summed E-state index contributed by atoms with van der Waals surface area (Å²) in [4.78, 5) is 2.07. The van der Waals surface area contributed by atoms with E-state index in [-0.39, 0.29) is 11.1 Å². The van der Waals surface area contributed by atoms with Crippen LogP contribution in [-0.2, 0) is 0 Å². The van der Waals surface area contributed by atoms with Crippen LogP contribution in [0.3, 0.4) is 0 Å². The molecule has 1 atom stereocenters. The molecule has 0 aliphatic carbocycles. The molecule has 3 rings (SSSR count). The number of anilines is 1. The van der Waals surface area contributed by atoms with Gasteiger partial charge in [0.25, 0.3) is 0 Å². The Labute approximate surface area is 128 Å². The Morgan fingerprint density at radius 1 is 1.10 bits per heavy atom. The van der Waals surface area contributed by atoms with Crippen molar-refractivity contribution in [3.8, 4) is 5.75 Å². The van der Waals surface area contributed by atoms with Crippen molar-refractivity contribution in [1.29, 1.82) is 0 Å². The van der Waals surface area contributed by atoms with Crippen molar-refractivity contribution in [3.05, 3.63) is 59.7 Å². The predicted octanol–water partition coefficient (Wildman–Crippen LogP) is 3.16. The summed E-state index contributed by atoms with van der Waals surface area (Å²) in [6, 6.07) is 15.6. The summed E-state index contributed by atoms with van der Waals surface area (Å²) < 4.78 is 0. The van der Waals surface area contributed by atoms with Gasteiger partial charge in [-0.25, -0.2) is 0 Å². The quantitative estimate of drug-likeness (QED) is 0.914. The van der Waals surface area contributed by atoms with Gasteiger partial charge >= 0.3 is 0 Å². The van der Waals surface area contributed by atoms with Gasteiger partial charge in [-0.05, 0) is 29.8 Å². The van der Waals surface area contributed by atoms with E-state index >= 15 is 0 Å². The van der Waals surface area contributed by atoms with Crippen LogP contribution in [0.25, 0.3) is 0 Å². The number of thioether (sulfide) groups is 1. The molecule has 2 aromatic carbocycles. The van der Waals surface area contributed by atoms with Gasteiger partial charge in [0.1, 0.15) is 16.2 Å². The minimum absolute atomic E-state index is 0.0795. The SMILES string of the molecule is CN(C)c1ccc([C@@H]2NN=C(c3ccccc3O)S2)cc1. The first-order valence-corrected chi connectivity index (χ1v) is 7.58. The molecule has 2 N–H and O–H groups in total. The van der Waals surface area contributed by atoms with E-state index in [9.17, 15) is 5.11 Å². The fraction of sp³-hybridized carbons (Fsp3) is 0.188. The topological polar surface area (TPSA) is 47.9 Å². The summed E-state index contributed by atoms with van der Waals surface area (Å²) in [6.45, 7) is 0. The Morgan fingerprint density at radius 2 is 1.81 bits per heavy atom. The zero-order chi connectivity index (χ0) is 14.8. The van der Waals surface area contributed by atoms with E-state index in [1.54, 1.807) is 17.8 Å². The van der Waals surface area contributed by atoms with E-state index in [0.717, 1.165) is 10.6 Å². The maximum atomic E-state index is 9.90. The monoisotopic (exact) mass is 299 g/mol. The smallest absolute Gasteiger partial charge is 0.129 e. The molecule has 0 fully saturated rings. The van der Waals surface area contributed by atoms with Gasteiger partial charge in [0.15, 0.2) is 0 Å². The molecule has 0 saturated heterocycles. The number of benzene rings is 2. The summed E-state index contributed by atoms with van der Waals surface area (Å²) in [5.74, 6) is 0.258. The van der Waals surface area contributed by atoms with Gasteiger partial charge in [-0.15, -0.1) is 0 Å². The summed E-state index contributed by atoms with van der Waals surface area (Å²) in [5.41, 5.74) is 6.23. The maximum Gasteiger partial charge on any atom is 0.129 e. The molecule has 0 spiro atoms. The molecule has 4 nitrogen and oxygen atoms in total. The minimum Gasteiger partial charge on any atom is -0.507 e. The number of rotatable bonds is 3. The van der Waals surface area contributed by atoms with Gasteiger partial charge in [0.05, 0.1) is 5.56 Å². The normalized spacial score (nSPS) is 17.2. The lowest BCUT2D eigenvalue weighted by atomic mass is 10.2. The largest absolute Gasteiger partial charge is 0.507 e. The number of hydrogen-bond acceptors (Lipinski definition) is 5. The number of hydrazone groups is 1. The number of hydrogen-bond donors (Lipinski definition) is 2. The van der Waals surface area contributed by atoms with Crippen LogP contribution >= 0.6 is 11.8 Å². The Bertz CT molecular complexity index is 667. The number of phenolic OH excluding ortho intramolecular Hbond substituents is 1. The van der Waals surface area contributed by atoms with Gasteiger partial charge in [0, 0.05) is 19.8 Å². The lowest BCUT2D eigenvalue weighted by Crippen LogP contribution is -2.10. The molecule has 108 valence electrons. The van der Waals surface area contributed by atoms with Crippen molar-refractivity contribution < 1.29 is 5.11 Å². The molecule has 21 heavy (non-hydrogen) atoms. The van der Waals surface area contributed by atoms with Gasteiger partial charge in [-0.2, -0.15) is 5.10 Å². The van der Waals surface area contributed by atoms with Crippen molar-refractivity contribution in [2.45, 2.75) is 5.37 Å². The van der Waals surface area contributed by atoms with Crippen molar-refractivity contribution in [2.75, 3.05) is 19.0 Å². The first kappa shape index (κ1) is 13.8. The Hall–Kier alpha value is -2.14. The second-order valence-electron chi connectivity index (χ2n) is 5.05. The number of aromatic hydroxyl groups is 1. The Morgan fingerprint density at radius 3 is 2.48 bits per heavy atom. The number of phenols is 1. The van der Waals surface area contributed by atoms with Crippen LogP contribution in [0.4, 0.5) is 5.69 Å². The first-order chi connectivity index (χ1) is 10.1. The van der Waals surface area contributed by atoms with E-state index < -0.39 is 0 Å². The van der Waals surface area contributed by atoms with Crippen LogP contribution < -0.4 is 10.3 Å². The highest BCUT2D eigenvalue weighted by molar-refractivity contribution is 8.14. The summed E-state index contributed by atoms with van der Waals surface area (Å²) in [5, 5.41) is 15.1. The van der Waals surface area contributed by atoms with Crippen molar-refractivity contribution >= 4 is 22.5 Å². The van der Waals surface area contributed by atoms with E-state index in [1.165, 1.54) is 11.3 Å².